The van der Waals surface area contributed by atoms with Crippen molar-refractivity contribution < 1.29 is 9.90 Å². The molecule has 2 atom stereocenters. The molecule has 2 aliphatic carbocycles. The van der Waals surface area contributed by atoms with Crippen molar-refractivity contribution in [1.82, 2.24) is 0 Å². The third-order valence-electron chi connectivity index (χ3n) is 4.36. The van der Waals surface area contributed by atoms with E-state index < -0.39 is 0 Å². The molecule has 0 heterocycles. The lowest BCUT2D eigenvalue weighted by Crippen LogP contribution is -2.27. The van der Waals surface area contributed by atoms with Crippen LogP contribution in [0, 0.1) is 11.3 Å². The van der Waals surface area contributed by atoms with E-state index in [4.69, 9.17) is 0 Å². The molecule has 3 nitrogen and oxygen atoms in total. The molecule has 1 N–H and O–H groups in total. The summed E-state index contributed by atoms with van der Waals surface area (Å²) >= 11 is 0. The Labute approximate surface area is 115 Å². The van der Waals surface area contributed by atoms with Gasteiger partial charge in [-0.25, -0.2) is 0 Å². The first-order valence-corrected chi connectivity index (χ1v) is 7.37. The van der Waals surface area contributed by atoms with Gasteiger partial charge in [0.05, 0.1) is 11.6 Å². The van der Waals surface area contributed by atoms with Crippen LogP contribution in [0.25, 0.3) is 0 Å². The summed E-state index contributed by atoms with van der Waals surface area (Å²) in [5.74, 6) is 0.831. The number of allylic oxidation sites excluding steroid dienone is 2. The van der Waals surface area contributed by atoms with Crippen molar-refractivity contribution in [3.63, 3.8) is 0 Å². The van der Waals surface area contributed by atoms with Crippen LogP contribution in [0.3, 0.4) is 0 Å². The highest BCUT2D eigenvalue weighted by molar-refractivity contribution is 6.14. The van der Waals surface area contributed by atoms with E-state index in [9.17, 15) is 9.90 Å². The number of nitrogens with zero attached hydrogens (tertiary/aromatic N) is 1. The minimum atomic E-state index is -0.128. The maximum absolute atomic E-state index is 12.1. The smallest absolute Gasteiger partial charge is 0.168 e. The fraction of sp³-hybridized carbons (Fsp3) is 0.750. The van der Waals surface area contributed by atoms with Gasteiger partial charge in [0.1, 0.15) is 5.76 Å². The topological polar surface area (TPSA) is 49.7 Å². The molecule has 106 valence electrons. The summed E-state index contributed by atoms with van der Waals surface area (Å²) < 4.78 is 0. The van der Waals surface area contributed by atoms with Crippen LogP contribution in [-0.4, -0.2) is 23.1 Å². The molecule has 19 heavy (non-hydrogen) atoms. The summed E-state index contributed by atoms with van der Waals surface area (Å²) in [5, 5.41) is 10.0. The molecule has 0 aromatic heterocycles. The Morgan fingerprint density at radius 2 is 1.95 bits per heavy atom. The van der Waals surface area contributed by atoms with E-state index in [-0.39, 0.29) is 17.0 Å². The monoisotopic (exact) mass is 263 g/mol. The van der Waals surface area contributed by atoms with Crippen LogP contribution in [0.15, 0.2) is 16.3 Å². The molecule has 0 unspecified atom stereocenters. The summed E-state index contributed by atoms with van der Waals surface area (Å²) in [7, 11) is 0. The van der Waals surface area contributed by atoms with Gasteiger partial charge in [-0.1, -0.05) is 33.6 Å². The predicted molar refractivity (Wildman–Crippen MR) is 77.6 cm³/mol. The Hall–Kier alpha value is -1.12. The lowest BCUT2D eigenvalue weighted by molar-refractivity contribution is -0.117. The van der Waals surface area contributed by atoms with E-state index in [1.54, 1.807) is 6.21 Å². The van der Waals surface area contributed by atoms with Gasteiger partial charge >= 0.3 is 0 Å². The van der Waals surface area contributed by atoms with E-state index in [1.807, 2.05) is 13.8 Å². The lowest BCUT2D eigenvalue weighted by atomic mass is 9.77. The van der Waals surface area contributed by atoms with Gasteiger partial charge in [0.15, 0.2) is 5.78 Å². The van der Waals surface area contributed by atoms with Crippen molar-refractivity contribution >= 4 is 12.0 Å². The number of carbonyl (C=O) groups is 1. The van der Waals surface area contributed by atoms with Crippen molar-refractivity contribution in [3.05, 3.63) is 11.3 Å². The first-order valence-electron chi connectivity index (χ1n) is 7.37. The number of hydrogen-bond acceptors (Lipinski definition) is 3. The Kier molecular flexibility index (Phi) is 4.12. The summed E-state index contributed by atoms with van der Waals surface area (Å²) in [6.07, 6.45) is 7.53. The van der Waals surface area contributed by atoms with Crippen molar-refractivity contribution in [2.75, 3.05) is 0 Å². The maximum Gasteiger partial charge on any atom is 0.168 e. The van der Waals surface area contributed by atoms with E-state index in [2.05, 4.69) is 11.9 Å². The van der Waals surface area contributed by atoms with Crippen LogP contribution in [-0.2, 0) is 4.79 Å². The van der Waals surface area contributed by atoms with Gasteiger partial charge in [0, 0.05) is 19.1 Å². The summed E-state index contributed by atoms with van der Waals surface area (Å²) in [6.45, 7) is 6.25. The van der Waals surface area contributed by atoms with E-state index in [0.717, 1.165) is 6.42 Å². The highest BCUT2D eigenvalue weighted by atomic mass is 16.3. The molecular formula is C16H25NO2. The fourth-order valence-electron chi connectivity index (χ4n) is 3.14. The number of hydrogen-bond donors (Lipinski definition) is 1. The Morgan fingerprint density at radius 3 is 2.58 bits per heavy atom. The van der Waals surface area contributed by atoms with Gasteiger partial charge in [0.2, 0.25) is 0 Å². The number of aliphatic imine (C=N–C) groups is 1. The molecule has 3 heteroatoms. The molecule has 0 aromatic carbocycles. The molecule has 2 aliphatic rings. The first-order chi connectivity index (χ1) is 8.89. The van der Waals surface area contributed by atoms with E-state index >= 15 is 0 Å². The average molecular weight is 263 g/mol. The van der Waals surface area contributed by atoms with Crippen molar-refractivity contribution in [2.24, 2.45) is 16.3 Å². The largest absolute Gasteiger partial charge is 0.511 e. The molecule has 0 radical (unpaired) electrons. The second kappa shape index (κ2) is 5.48. The van der Waals surface area contributed by atoms with Crippen molar-refractivity contribution in [2.45, 2.75) is 65.3 Å². The molecule has 0 spiro atoms. The van der Waals surface area contributed by atoms with Crippen LogP contribution in [0.1, 0.15) is 59.3 Å². The molecule has 1 saturated carbocycles. The summed E-state index contributed by atoms with van der Waals surface area (Å²) in [6, 6.07) is 0.316. The number of Topliss-reactive ketones (excluding diaryl/α,β-unsaturated/α-hetero) is 1. The zero-order valence-electron chi connectivity index (χ0n) is 12.3. The van der Waals surface area contributed by atoms with Crippen LogP contribution in [0.5, 0.6) is 0 Å². The van der Waals surface area contributed by atoms with Crippen molar-refractivity contribution in [3.8, 4) is 0 Å². The number of carbonyl (C=O) groups excluding carboxylic acids is 1. The minimum absolute atomic E-state index is 0.0287. The van der Waals surface area contributed by atoms with Gasteiger partial charge < -0.3 is 5.11 Å². The quantitative estimate of drug-likeness (QED) is 0.770. The van der Waals surface area contributed by atoms with Gasteiger partial charge in [0.25, 0.3) is 0 Å². The molecular weight excluding hydrogens is 238 g/mol. The standard InChI is InChI=1S/C16H25NO2/c1-11-6-4-5-7-13(11)17-10-12-14(18)8-16(2,3)9-15(12)19/h10-11,13,18H,4-9H2,1-3H3/t11-,13+/m1/s1. The van der Waals surface area contributed by atoms with Gasteiger partial charge in [-0.2, -0.15) is 0 Å². The van der Waals surface area contributed by atoms with Crippen LogP contribution >= 0.6 is 0 Å². The Bertz CT molecular complexity index is 420. The van der Waals surface area contributed by atoms with E-state index in [0.29, 0.717) is 30.4 Å². The van der Waals surface area contributed by atoms with Crippen LogP contribution in [0.4, 0.5) is 0 Å². The summed E-state index contributed by atoms with van der Waals surface area (Å²) in [4.78, 5) is 16.6. The molecule has 0 saturated heterocycles. The Morgan fingerprint density at radius 1 is 1.26 bits per heavy atom. The predicted octanol–water partition coefficient (Wildman–Crippen LogP) is 3.84. The second-order valence-corrected chi connectivity index (χ2v) is 6.91. The van der Waals surface area contributed by atoms with Gasteiger partial charge in [-0.15, -0.1) is 0 Å². The fourth-order valence-corrected chi connectivity index (χ4v) is 3.14. The van der Waals surface area contributed by atoms with Crippen LogP contribution < -0.4 is 0 Å². The molecule has 1 fully saturated rings. The normalized spacial score (nSPS) is 32.1. The third kappa shape index (κ3) is 3.46. The second-order valence-electron chi connectivity index (χ2n) is 6.91. The lowest BCUT2D eigenvalue weighted by Gasteiger charge is -2.29. The molecule has 0 amide bonds. The zero-order valence-corrected chi connectivity index (χ0v) is 12.3. The molecule has 2 rings (SSSR count). The first kappa shape index (κ1) is 14.3. The van der Waals surface area contributed by atoms with Crippen molar-refractivity contribution in [1.29, 1.82) is 0 Å². The maximum atomic E-state index is 12.1. The Balaban J connectivity index is 2.11. The summed E-state index contributed by atoms with van der Waals surface area (Å²) in [5.41, 5.74) is 0.313. The SMILES string of the molecule is C[C@@H]1CCCC[C@@H]1N=CC1=C(O)CC(C)(C)CC1=O. The third-order valence-corrected chi connectivity index (χ3v) is 4.36. The highest BCUT2D eigenvalue weighted by Crippen LogP contribution is 2.35. The van der Waals surface area contributed by atoms with Gasteiger partial charge in [-0.3, -0.25) is 9.79 Å². The molecule has 0 bridgehead atoms. The highest BCUT2D eigenvalue weighted by Gasteiger charge is 2.32. The number of ketones is 1. The average Bonchev–Trinajstić information content (AvgIpc) is 2.28. The minimum Gasteiger partial charge on any atom is -0.511 e. The molecule has 0 aromatic rings. The number of aliphatic hydroxyl groups is 1. The van der Waals surface area contributed by atoms with Gasteiger partial charge in [-0.05, 0) is 24.2 Å². The molecule has 0 aliphatic heterocycles. The zero-order chi connectivity index (χ0) is 14.0. The number of aliphatic hydroxyl groups excluding tert-OH is 1. The van der Waals surface area contributed by atoms with Crippen LogP contribution in [0.2, 0.25) is 0 Å². The number of rotatable bonds is 2. The van der Waals surface area contributed by atoms with E-state index in [1.165, 1.54) is 19.3 Å².